The van der Waals surface area contributed by atoms with E-state index in [0.29, 0.717) is 5.56 Å². The number of hydrogen-bond acceptors (Lipinski definition) is 3. The van der Waals surface area contributed by atoms with Crippen LogP contribution in [0.1, 0.15) is 10.4 Å². The molecule has 0 unspecified atom stereocenters. The minimum absolute atomic E-state index is 0.242. The molecule has 1 heterocycles. The van der Waals surface area contributed by atoms with Gasteiger partial charge in [-0.1, -0.05) is 0 Å². The summed E-state index contributed by atoms with van der Waals surface area (Å²) in [6.07, 6.45) is 0.833. The van der Waals surface area contributed by atoms with Gasteiger partial charge in [-0.3, -0.25) is 4.79 Å². The average molecular weight is 304 g/mol. The van der Waals surface area contributed by atoms with Gasteiger partial charge in [0.2, 0.25) is 0 Å². The molecule has 1 aromatic heterocycles. The van der Waals surface area contributed by atoms with Crippen LogP contribution in [0.15, 0.2) is 17.5 Å². The quantitative estimate of drug-likeness (QED) is 0.649. The number of benzene rings is 1. The molecule has 13 heavy (non-hydrogen) atoms. The van der Waals surface area contributed by atoms with Gasteiger partial charge in [0.05, 0.1) is 0 Å². The number of thiophene rings is 1. The Hall–Kier alpha value is -0.620. The van der Waals surface area contributed by atoms with Gasteiger partial charge in [-0.2, -0.15) is 0 Å². The van der Waals surface area contributed by atoms with E-state index >= 15 is 0 Å². The third-order valence-corrected chi connectivity index (χ3v) is 3.66. The predicted octanol–water partition coefficient (Wildman–Crippen LogP) is 3.02. The highest BCUT2D eigenvalue weighted by Gasteiger charge is 2.09. The van der Waals surface area contributed by atoms with Crippen molar-refractivity contribution in [3.63, 3.8) is 0 Å². The van der Waals surface area contributed by atoms with Crippen molar-refractivity contribution in [3.05, 3.63) is 26.6 Å². The Bertz CT molecular complexity index is 476. The molecule has 0 aliphatic heterocycles. The minimum Gasteiger partial charge on any atom is -0.507 e. The lowest BCUT2D eigenvalue weighted by molar-refractivity contribution is 0.112. The zero-order valence-corrected chi connectivity index (χ0v) is 9.43. The molecule has 2 aromatic rings. The van der Waals surface area contributed by atoms with Crippen molar-refractivity contribution in [1.82, 2.24) is 0 Å². The molecule has 0 bridgehead atoms. The summed E-state index contributed by atoms with van der Waals surface area (Å²) in [7, 11) is 0. The van der Waals surface area contributed by atoms with E-state index in [0.717, 1.165) is 19.9 Å². The van der Waals surface area contributed by atoms with Crippen molar-refractivity contribution in [2.24, 2.45) is 0 Å². The summed E-state index contributed by atoms with van der Waals surface area (Å²) in [4.78, 5) is 10.8. The number of aromatic hydroxyl groups is 1. The van der Waals surface area contributed by atoms with Crippen LogP contribution in [0.4, 0.5) is 0 Å². The fourth-order valence-electron chi connectivity index (χ4n) is 1.21. The van der Waals surface area contributed by atoms with Crippen LogP contribution in [0.5, 0.6) is 5.75 Å². The summed E-state index contributed by atoms with van der Waals surface area (Å²) >= 11 is 3.52. The lowest BCUT2D eigenvalue weighted by Gasteiger charge is -2.00. The maximum Gasteiger partial charge on any atom is 0.152 e. The zero-order valence-electron chi connectivity index (χ0n) is 6.45. The first-order valence-electron chi connectivity index (χ1n) is 3.58. The van der Waals surface area contributed by atoms with E-state index in [4.69, 9.17) is 0 Å². The number of carbonyl (C=O) groups excluding carboxylic acids is 1. The van der Waals surface area contributed by atoms with Crippen molar-refractivity contribution in [1.29, 1.82) is 0 Å². The van der Waals surface area contributed by atoms with Crippen LogP contribution in [-0.4, -0.2) is 11.4 Å². The highest BCUT2D eigenvalue weighted by molar-refractivity contribution is 14.1. The fourth-order valence-corrected chi connectivity index (χ4v) is 3.01. The maximum atomic E-state index is 10.8. The lowest BCUT2D eigenvalue weighted by Crippen LogP contribution is -1.85. The normalized spacial score (nSPS) is 10.5. The molecule has 0 aliphatic rings. The van der Waals surface area contributed by atoms with Gasteiger partial charge in [-0.15, -0.1) is 11.3 Å². The topological polar surface area (TPSA) is 37.3 Å². The molecular weight excluding hydrogens is 299 g/mol. The van der Waals surface area contributed by atoms with Gasteiger partial charge < -0.3 is 5.11 Å². The number of fused-ring (bicyclic) bond motifs is 1. The molecular formula is C9H5IO2S. The second-order valence-corrected chi connectivity index (χ2v) is 4.65. The first-order valence-corrected chi connectivity index (χ1v) is 5.53. The smallest absolute Gasteiger partial charge is 0.152 e. The molecule has 4 heteroatoms. The molecule has 0 amide bonds. The van der Waals surface area contributed by atoms with Gasteiger partial charge in [-0.25, -0.2) is 0 Å². The molecule has 2 rings (SSSR count). The summed E-state index contributed by atoms with van der Waals surface area (Å²) in [5.74, 6) is 0.242. The van der Waals surface area contributed by atoms with E-state index in [1.54, 1.807) is 6.07 Å². The molecule has 0 saturated carbocycles. The average Bonchev–Trinajstić information content (AvgIpc) is 2.53. The standard InChI is InChI=1S/C9H5IO2S/c10-7-3-8(12)5-1-2-13-9(5)6(7)4-11/h1-4,12H. The van der Waals surface area contributed by atoms with E-state index in [2.05, 4.69) is 0 Å². The minimum atomic E-state index is 0.242. The Morgan fingerprint density at radius 1 is 1.54 bits per heavy atom. The first-order chi connectivity index (χ1) is 6.24. The molecule has 0 aliphatic carbocycles. The van der Waals surface area contributed by atoms with Crippen LogP contribution in [0.2, 0.25) is 0 Å². The number of halogens is 1. The summed E-state index contributed by atoms with van der Waals surface area (Å²) in [6.45, 7) is 0. The van der Waals surface area contributed by atoms with E-state index in [-0.39, 0.29) is 5.75 Å². The molecule has 0 saturated heterocycles. The van der Waals surface area contributed by atoms with Gasteiger partial charge >= 0.3 is 0 Å². The lowest BCUT2D eigenvalue weighted by atomic mass is 10.2. The van der Waals surface area contributed by atoms with Crippen LogP contribution in [0.3, 0.4) is 0 Å². The molecule has 1 aromatic carbocycles. The van der Waals surface area contributed by atoms with Crippen molar-refractivity contribution < 1.29 is 9.90 Å². The van der Waals surface area contributed by atoms with E-state index in [1.165, 1.54) is 11.3 Å². The highest BCUT2D eigenvalue weighted by atomic mass is 127. The van der Waals surface area contributed by atoms with Gasteiger partial charge in [0.25, 0.3) is 0 Å². The highest BCUT2D eigenvalue weighted by Crippen LogP contribution is 2.34. The Kier molecular flexibility index (Phi) is 2.25. The predicted molar refractivity (Wildman–Crippen MR) is 61.6 cm³/mol. The summed E-state index contributed by atoms with van der Waals surface area (Å²) in [6, 6.07) is 3.43. The SMILES string of the molecule is O=Cc1c(I)cc(O)c2ccsc12. The van der Waals surface area contributed by atoms with Gasteiger partial charge in [0, 0.05) is 19.2 Å². The molecule has 0 spiro atoms. The number of carbonyl (C=O) groups is 1. The number of aldehydes is 1. The first kappa shape index (κ1) is 8.96. The maximum absolute atomic E-state index is 10.8. The van der Waals surface area contributed by atoms with Gasteiger partial charge in [-0.05, 0) is 40.1 Å². The Morgan fingerprint density at radius 3 is 3.00 bits per heavy atom. The van der Waals surface area contributed by atoms with Crippen LogP contribution in [0.25, 0.3) is 10.1 Å². The Balaban J connectivity index is 2.96. The van der Waals surface area contributed by atoms with Gasteiger partial charge in [0.15, 0.2) is 6.29 Å². The third-order valence-electron chi connectivity index (χ3n) is 1.82. The van der Waals surface area contributed by atoms with Crippen LogP contribution in [0, 0.1) is 3.57 Å². The van der Waals surface area contributed by atoms with Crippen LogP contribution >= 0.6 is 33.9 Å². The van der Waals surface area contributed by atoms with E-state index in [9.17, 15) is 9.90 Å². The molecule has 0 atom stereocenters. The molecule has 66 valence electrons. The fraction of sp³-hybridized carbons (Fsp3) is 0. The number of rotatable bonds is 1. The summed E-state index contributed by atoms with van der Waals surface area (Å²) in [5.41, 5.74) is 0.670. The summed E-state index contributed by atoms with van der Waals surface area (Å²) < 4.78 is 1.65. The van der Waals surface area contributed by atoms with Crippen molar-refractivity contribution in [3.8, 4) is 5.75 Å². The number of phenols is 1. The van der Waals surface area contributed by atoms with Crippen LogP contribution in [-0.2, 0) is 0 Å². The molecule has 0 fully saturated rings. The van der Waals surface area contributed by atoms with Crippen molar-refractivity contribution in [2.45, 2.75) is 0 Å². The number of hydrogen-bond donors (Lipinski definition) is 1. The Labute approximate surface area is 92.3 Å². The number of phenolic OH excluding ortho intramolecular Hbond substituents is 1. The van der Waals surface area contributed by atoms with E-state index < -0.39 is 0 Å². The van der Waals surface area contributed by atoms with Crippen molar-refractivity contribution in [2.75, 3.05) is 0 Å². The van der Waals surface area contributed by atoms with Crippen molar-refractivity contribution >= 4 is 50.3 Å². The third kappa shape index (κ3) is 1.34. The van der Waals surface area contributed by atoms with E-state index in [1.807, 2.05) is 34.0 Å². The summed E-state index contributed by atoms with van der Waals surface area (Å²) in [5, 5.41) is 12.2. The van der Waals surface area contributed by atoms with Crippen LogP contribution < -0.4 is 0 Å². The largest absolute Gasteiger partial charge is 0.507 e. The second kappa shape index (κ2) is 3.26. The van der Waals surface area contributed by atoms with Gasteiger partial charge in [0.1, 0.15) is 5.75 Å². The second-order valence-electron chi connectivity index (χ2n) is 2.57. The zero-order chi connectivity index (χ0) is 9.42. The Morgan fingerprint density at radius 2 is 2.31 bits per heavy atom. The monoisotopic (exact) mass is 304 g/mol. The molecule has 2 nitrogen and oxygen atoms in total. The molecule has 1 N–H and O–H groups in total. The molecule has 0 radical (unpaired) electrons.